The summed E-state index contributed by atoms with van der Waals surface area (Å²) in [4.78, 5) is 0.393. The Labute approximate surface area is 128 Å². The van der Waals surface area contributed by atoms with Gasteiger partial charge in [0.05, 0.1) is 4.90 Å². The summed E-state index contributed by atoms with van der Waals surface area (Å²) < 4.78 is 26.9. The van der Waals surface area contributed by atoms with Gasteiger partial charge in [0.2, 0.25) is 10.0 Å². The molecule has 1 aromatic rings. The summed E-state index contributed by atoms with van der Waals surface area (Å²) in [7, 11) is -3.34. The number of benzene rings is 1. The Morgan fingerprint density at radius 3 is 2.24 bits per heavy atom. The van der Waals surface area contributed by atoms with E-state index in [9.17, 15) is 8.42 Å². The van der Waals surface area contributed by atoms with Gasteiger partial charge in [-0.25, -0.2) is 8.42 Å². The lowest BCUT2D eigenvalue weighted by Crippen LogP contribution is -2.41. The number of hydrogen-bond acceptors (Lipinski definition) is 3. The predicted octanol–water partition coefficient (Wildman–Crippen LogP) is 3.32. The highest BCUT2D eigenvalue weighted by atomic mass is 32.2. The lowest BCUT2D eigenvalue weighted by Gasteiger charge is -2.36. The van der Waals surface area contributed by atoms with Crippen LogP contribution in [-0.4, -0.2) is 32.4 Å². The molecule has 1 saturated heterocycles. The van der Waals surface area contributed by atoms with E-state index in [-0.39, 0.29) is 5.41 Å². The summed E-state index contributed by atoms with van der Waals surface area (Å²) in [5, 5.41) is 3.25. The Balaban J connectivity index is 2.09. The second-order valence-corrected chi connectivity index (χ2v) is 8.46. The molecule has 1 aliphatic rings. The fraction of sp³-hybridized carbons (Fsp3) is 0.625. The van der Waals surface area contributed by atoms with Crippen molar-refractivity contribution in [2.45, 2.75) is 44.9 Å². The van der Waals surface area contributed by atoms with Crippen molar-refractivity contribution in [1.82, 2.24) is 4.31 Å². The highest BCUT2D eigenvalue weighted by molar-refractivity contribution is 7.89. The lowest BCUT2D eigenvalue weighted by atomic mass is 9.83. The average molecular weight is 310 g/mol. The van der Waals surface area contributed by atoms with Gasteiger partial charge < -0.3 is 5.32 Å². The Bertz CT molecular complexity index is 554. The monoisotopic (exact) mass is 310 g/mol. The minimum absolute atomic E-state index is 0.250. The Kier molecular flexibility index (Phi) is 4.94. The third kappa shape index (κ3) is 3.98. The fourth-order valence-electron chi connectivity index (χ4n) is 2.50. The van der Waals surface area contributed by atoms with Crippen molar-refractivity contribution in [2.24, 2.45) is 5.41 Å². The van der Waals surface area contributed by atoms with Crippen LogP contribution in [0.4, 0.5) is 5.69 Å². The normalized spacial score (nSPS) is 19.4. The van der Waals surface area contributed by atoms with Crippen LogP contribution in [0.1, 0.15) is 40.0 Å². The molecule has 0 spiro atoms. The van der Waals surface area contributed by atoms with Crippen molar-refractivity contribution in [1.29, 1.82) is 0 Å². The topological polar surface area (TPSA) is 49.4 Å². The minimum atomic E-state index is -3.34. The first kappa shape index (κ1) is 16.3. The van der Waals surface area contributed by atoms with Crippen LogP contribution in [-0.2, 0) is 10.0 Å². The zero-order chi connectivity index (χ0) is 15.5. The summed E-state index contributed by atoms with van der Waals surface area (Å²) in [6, 6.07) is 7.09. The molecule has 0 unspecified atom stereocenters. The Hall–Kier alpha value is -1.07. The van der Waals surface area contributed by atoms with E-state index in [2.05, 4.69) is 26.1 Å². The van der Waals surface area contributed by atoms with E-state index in [1.165, 1.54) is 0 Å². The van der Waals surface area contributed by atoms with Gasteiger partial charge in [-0.05, 0) is 48.9 Å². The number of hydrogen-bond donors (Lipinski definition) is 1. The van der Waals surface area contributed by atoms with Gasteiger partial charge in [0.25, 0.3) is 0 Å². The molecular formula is C16H26N2O2S. The van der Waals surface area contributed by atoms with Crippen LogP contribution in [0.2, 0.25) is 0 Å². The van der Waals surface area contributed by atoms with Gasteiger partial charge in [0, 0.05) is 25.3 Å². The van der Waals surface area contributed by atoms with E-state index >= 15 is 0 Å². The molecule has 0 atom stereocenters. The summed E-state index contributed by atoms with van der Waals surface area (Å²) >= 11 is 0. The maximum absolute atomic E-state index is 12.6. The summed E-state index contributed by atoms with van der Waals surface area (Å²) in [6.07, 6.45) is 2.88. The molecule has 1 aliphatic heterocycles. The predicted molar refractivity (Wildman–Crippen MR) is 87.0 cm³/mol. The van der Waals surface area contributed by atoms with Crippen molar-refractivity contribution in [3.63, 3.8) is 0 Å². The molecule has 4 nitrogen and oxygen atoms in total. The number of rotatable bonds is 5. The summed E-state index contributed by atoms with van der Waals surface area (Å²) in [5.74, 6) is 0. The minimum Gasteiger partial charge on any atom is -0.385 e. The summed E-state index contributed by atoms with van der Waals surface area (Å²) in [6.45, 7) is 8.63. The molecule has 1 heterocycles. The van der Waals surface area contributed by atoms with Crippen LogP contribution in [0.25, 0.3) is 0 Å². The maximum atomic E-state index is 12.6. The molecule has 21 heavy (non-hydrogen) atoms. The highest BCUT2D eigenvalue weighted by Gasteiger charge is 2.32. The molecule has 5 heteroatoms. The molecule has 0 bridgehead atoms. The van der Waals surface area contributed by atoms with Gasteiger partial charge >= 0.3 is 0 Å². The van der Waals surface area contributed by atoms with E-state index in [4.69, 9.17) is 0 Å². The molecule has 1 aromatic carbocycles. The van der Waals surface area contributed by atoms with Crippen molar-refractivity contribution in [3.05, 3.63) is 24.3 Å². The van der Waals surface area contributed by atoms with Crippen LogP contribution in [0.15, 0.2) is 29.2 Å². The first-order valence-corrected chi connectivity index (χ1v) is 9.13. The number of nitrogens with zero attached hydrogens (tertiary/aromatic N) is 1. The molecule has 0 amide bonds. The van der Waals surface area contributed by atoms with Crippen molar-refractivity contribution < 1.29 is 8.42 Å². The van der Waals surface area contributed by atoms with Crippen molar-refractivity contribution in [2.75, 3.05) is 25.0 Å². The van der Waals surface area contributed by atoms with E-state index < -0.39 is 10.0 Å². The van der Waals surface area contributed by atoms with E-state index in [1.54, 1.807) is 16.4 Å². The van der Waals surface area contributed by atoms with Crippen molar-refractivity contribution >= 4 is 15.7 Å². The molecule has 1 N–H and O–H groups in total. The molecule has 0 aromatic heterocycles. The van der Waals surface area contributed by atoms with Crippen LogP contribution in [0.3, 0.4) is 0 Å². The number of anilines is 1. The SMILES string of the molecule is CCCNc1ccc(S(=O)(=O)N2CCC(C)(C)CC2)cc1. The largest absolute Gasteiger partial charge is 0.385 e. The smallest absolute Gasteiger partial charge is 0.243 e. The Morgan fingerprint density at radius 2 is 1.71 bits per heavy atom. The standard InChI is InChI=1S/C16H26N2O2S/c1-4-11-17-14-5-7-15(8-6-14)21(19,20)18-12-9-16(2,3)10-13-18/h5-8,17H,4,9-13H2,1-3H3. The molecule has 0 radical (unpaired) electrons. The van der Waals surface area contributed by atoms with Gasteiger partial charge in [-0.3, -0.25) is 0 Å². The van der Waals surface area contributed by atoms with Crippen molar-refractivity contribution in [3.8, 4) is 0 Å². The van der Waals surface area contributed by atoms with Gasteiger partial charge in [-0.15, -0.1) is 0 Å². The maximum Gasteiger partial charge on any atom is 0.243 e. The Morgan fingerprint density at radius 1 is 1.14 bits per heavy atom. The van der Waals surface area contributed by atoms with E-state index in [0.717, 1.165) is 31.5 Å². The molecule has 118 valence electrons. The van der Waals surface area contributed by atoms with Crippen LogP contribution < -0.4 is 5.32 Å². The van der Waals surface area contributed by atoms with Gasteiger partial charge in [-0.1, -0.05) is 20.8 Å². The summed E-state index contributed by atoms with van der Waals surface area (Å²) in [5.41, 5.74) is 1.22. The quantitative estimate of drug-likeness (QED) is 0.907. The number of nitrogens with one attached hydrogen (secondary N) is 1. The highest BCUT2D eigenvalue weighted by Crippen LogP contribution is 2.32. The number of sulfonamides is 1. The molecule has 0 saturated carbocycles. The van der Waals surface area contributed by atoms with E-state index in [0.29, 0.717) is 18.0 Å². The molecule has 2 rings (SSSR count). The first-order valence-electron chi connectivity index (χ1n) is 7.69. The third-order valence-corrected chi connectivity index (χ3v) is 6.06. The lowest BCUT2D eigenvalue weighted by molar-refractivity contribution is 0.196. The fourth-order valence-corrected chi connectivity index (χ4v) is 3.94. The molecule has 1 fully saturated rings. The van der Waals surface area contributed by atoms with Gasteiger partial charge in [0.15, 0.2) is 0 Å². The average Bonchev–Trinajstić information content (AvgIpc) is 2.45. The molecule has 0 aliphatic carbocycles. The number of piperidine rings is 1. The zero-order valence-corrected chi connectivity index (χ0v) is 14.0. The van der Waals surface area contributed by atoms with Gasteiger partial charge in [-0.2, -0.15) is 4.31 Å². The molecular weight excluding hydrogens is 284 g/mol. The first-order chi connectivity index (χ1) is 9.85. The second kappa shape index (κ2) is 6.36. The van der Waals surface area contributed by atoms with Gasteiger partial charge in [0.1, 0.15) is 0 Å². The third-order valence-electron chi connectivity index (χ3n) is 4.15. The van der Waals surface area contributed by atoms with Crippen LogP contribution in [0, 0.1) is 5.41 Å². The second-order valence-electron chi connectivity index (χ2n) is 6.52. The van der Waals surface area contributed by atoms with Crippen LogP contribution >= 0.6 is 0 Å². The van der Waals surface area contributed by atoms with E-state index in [1.807, 2.05) is 12.1 Å². The van der Waals surface area contributed by atoms with Crippen LogP contribution in [0.5, 0.6) is 0 Å². The zero-order valence-electron chi connectivity index (χ0n) is 13.2.